The van der Waals surface area contributed by atoms with E-state index in [0.29, 0.717) is 13.0 Å². The smallest absolute Gasteiger partial charge is 0.225 e. The number of carbonyl (C=O) groups excluding carboxylic acids is 1. The monoisotopic (exact) mass is 179 g/mol. The minimum Gasteiger partial charge on any atom is -0.364 e. The topological polar surface area (TPSA) is 29.5 Å². The number of hydrogen-bond acceptors (Lipinski definition) is 2. The Hall–Kier alpha value is 0.290. The van der Waals surface area contributed by atoms with Gasteiger partial charge in [-0.25, -0.2) is 0 Å². The summed E-state index contributed by atoms with van der Waals surface area (Å²) in [5.41, 5.74) is 0. The van der Waals surface area contributed by atoms with Crippen LogP contribution in [0.2, 0.25) is 0 Å². The first-order chi connectivity index (χ1) is 4.75. The number of rotatable bonds is 2. The second kappa shape index (κ2) is 3.61. The van der Waals surface area contributed by atoms with Gasteiger partial charge in [-0.2, -0.15) is 0 Å². The summed E-state index contributed by atoms with van der Waals surface area (Å²) in [5.74, 6) is 0.192. The van der Waals surface area contributed by atoms with Crippen molar-refractivity contribution in [2.45, 2.75) is 18.9 Å². The van der Waals surface area contributed by atoms with Gasteiger partial charge in [0.15, 0.2) is 0 Å². The highest BCUT2D eigenvalue weighted by molar-refractivity contribution is 7.14. The molecular weight excluding hydrogens is 168 g/mol. The van der Waals surface area contributed by atoms with E-state index in [9.17, 15) is 4.79 Å². The van der Waals surface area contributed by atoms with E-state index < -0.39 is 0 Å². The van der Waals surface area contributed by atoms with E-state index in [2.05, 4.69) is 18.9 Å². The summed E-state index contributed by atoms with van der Waals surface area (Å²) < 4.78 is 6.52. The molecule has 0 bridgehead atoms. The zero-order valence-corrected chi connectivity index (χ0v) is 7.93. The van der Waals surface area contributed by atoms with Crippen LogP contribution in [0, 0.1) is 0 Å². The first-order valence-electron chi connectivity index (χ1n) is 3.14. The molecule has 1 amide bonds. The van der Waals surface area contributed by atoms with Crippen molar-refractivity contribution in [1.29, 1.82) is 0 Å². The van der Waals surface area contributed by atoms with Crippen LogP contribution in [0.4, 0.5) is 0 Å². The van der Waals surface area contributed by atoms with E-state index in [1.54, 1.807) is 4.67 Å². The van der Waals surface area contributed by atoms with Gasteiger partial charge >= 0.3 is 0 Å². The molecule has 0 N–H and O–H groups in total. The van der Waals surface area contributed by atoms with Gasteiger partial charge in [0.25, 0.3) is 0 Å². The van der Waals surface area contributed by atoms with Crippen LogP contribution in [0.1, 0.15) is 12.8 Å². The van der Waals surface area contributed by atoms with Crippen molar-refractivity contribution in [1.82, 2.24) is 4.67 Å². The van der Waals surface area contributed by atoms with Gasteiger partial charge in [-0.3, -0.25) is 4.79 Å². The van der Waals surface area contributed by atoms with E-state index in [1.807, 2.05) is 0 Å². The summed E-state index contributed by atoms with van der Waals surface area (Å²) >= 11 is 0. The molecule has 3 atom stereocenters. The maximum absolute atomic E-state index is 10.9. The van der Waals surface area contributed by atoms with Gasteiger partial charge in [0.05, 0.1) is 12.6 Å². The predicted octanol–water partition coefficient (Wildman–Crippen LogP) is 0.574. The zero-order chi connectivity index (χ0) is 7.56. The molecule has 1 aliphatic heterocycles. The van der Waals surface area contributed by atoms with Crippen molar-refractivity contribution in [3.05, 3.63) is 0 Å². The fourth-order valence-corrected chi connectivity index (χ4v) is 1.62. The first-order valence-corrected chi connectivity index (χ1v) is 4.13. The number of carbonyl (C=O) groups is 1. The summed E-state index contributed by atoms with van der Waals surface area (Å²) in [6.45, 7) is 0.611. The van der Waals surface area contributed by atoms with E-state index >= 15 is 0 Å². The van der Waals surface area contributed by atoms with Crippen molar-refractivity contribution >= 4 is 24.8 Å². The van der Waals surface area contributed by atoms with Gasteiger partial charge in [-0.15, -0.1) is 0 Å². The van der Waals surface area contributed by atoms with Crippen LogP contribution in [0.3, 0.4) is 0 Å². The van der Waals surface area contributed by atoms with Crippen LogP contribution in [-0.2, 0) is 9.32 Å². The molecular formula is C5H11NO2P2. The average Bonchev–Trinajstić information content (AvgIpc) is 2.20. The molecule has 3 nitrogen and oxygen atoms in total. The molecule has 1 fully saturated rings. The molecule has 0 spiro atoms. The SMILES string of the molecule is O=C1CCC(COP)N1P. The van der Waals surface area contributed by atoms with Crippen molar-refractivity contribution in [3.8, 4) is 0 Å². The number of amides is 1. The van der Waals surface area contributed by atoms with Crippen molar-refractivity contribution < 1.29 is 9.32 Å². The second-order valence-corrected chi connectivity index (χ2v) is 3.22. The molecule has 58 valence electrons. The van der Waals surface area contributed by atoms with Crippen molar-refractivity contribution in [2.75, 3.05) is 6.61 Å². The largest absolute Gasteiger partial charge is 0.364 e. The number of nitrogens with zero attached hydrogens (tertiary/aromatic N) is 1. The Kier molecular flexibility index (Phi) is 3.03. The highest BCUT2D eigenvalue weighted by atomic mass is 31.0. The van der Waals surface area contributed by atoms with Crippen LogP contribution in [-0.4, -0.2) is 23.2 Å². The molecule has 0 aromatic rings. The fraction of sp³-hybridized carbons (Fsp3) is 0.800. The predicted molar refractivity (Wildman–Crippen MR) is 45.2 cm³/mol. The normalized spacial score (nSPS) is 26.0. The lowest BCUT2D eigenvalue weighted by atomic mass is 10.2. The standard InChI is InChI=1S/C5H11NO2P2/c7-5-2-1-4(3-8-10)6(5)9/h4H,1-3,9-10H2. The Labute approximate surface area is 65.0 Å². The Balaban J connectivity index is 2.41. The molecule has 0 aromatic carbocycles. The first kappa shape index (κ1) is 8.39. The van der Waals surface area contributed by atoms with Crippen LogP contribution in [0.15, 0.2) is 0 Å². The third-order valence-electron chi connectivity index (χ3n) is 1.66. The molecule has 1 saturated heterocycles. The summed E-state index contributed by atoms with van der Waals surface area (Å²) in [4.78, 5) is 10.9. The molecule has 0 aromatic heterocycles. The Morgan fingerprint density at radius 3 is 2.90 bits per heavy atom. The molecule has 1 rings (SSSR count). The van der Waals surface area contributed by atoms with Gasteiger partial charge in [-0.1, -0.05) is 0 Å². The highest BCUT2D eigenvalue weighted by Gasteiger charge is 2.27. The molecule has 1 aliphatic rings. The lowest BCUT2D eigenvalue weighted by Crippen LogP contribution is -2.26. The van der Waals surface area contributed by atoms with Gasteiger partial charge in [0, 0.05) is 15.9 Å². The Morgan fingerprint density at radius 1 is 1.80 bits per heavy atom. The van der Waals surface area contributed by atoms with Crippen molar-refractivity contribution in [3.63, 3.8) is 0 Å². The minimum atomic E-state index is 0.192. The molecule has 0 radical (unpaired) electrons. The number of hydrogen-bond donors (Lipinski definition) is 0. The third kappa shape index (κ3) is 1.66. The summed E-state index contributed by atoms with van der Waals surface area (Å²) in [7, 11) is 4.61. The van der Waals surface area contributed by atoms with E-state index in [-0.39, 0.29) is 11.9 Å². The Bertz CT molecular complexity index is 142. The summed E-state index contributed by atoms with van der Waals surface area (Å²) in [6.07, 6.45) is 1.57. The van der Waals surface area contributed by atoms with Gasteiger partial charge < -0.3 is 9.19 Å². The van der Waals surface area contributed by atoms with E-state index in [0.717, 1.165) is 6.42 Å². The van der Waals surface area contributed by atoms with Gasteiger partial charge in [0.1, 0.15) is 0 Å². The van der Waals surface area contributed by atoms with E-state index in [1.165, 1.54) is 0 Å². The quantitative estimate of drug-likeness (QED) is 0.580. The average molecular weight is 179 g/mol. The summed E-state index contributed by atoms with van der Waals surface area (Å²) in [5, 5.41) is 0. The molecule has 10 heavy (non-hydrogen) atoms. The molecule has 5 heteroatoms. The lowest BCUT2D eigenvalue weighted by Gasteiger charge is -2.17. The zero-order valence-electron chi connectivity index (χ0n) is 5.62. The van der Waals surface area contributed by atoms with Gasteiger partial charge in [0.2, 0.25) is 5.91 Å². The summed E-state index contributed by atoms with van der Waals surface area (Å²) in [6, 6.07) is 0.259. The third-order valence-corrected chi connectivity index (χ3v) is 2.56. The second-order valence-electron chi connectivity index (χ2n) is 2.33. The van der Waals surface area contributed by atoms with Crippen LogP contribution in [0.25, 0.3) is 0 Å². The molecule has 1 heterocycles. The van der Waals surface area contributed by atoms with Crippen LogP contribution < -0.4 is 0 Å². The van der Waals surface area contributed by atoms with Gasteiger partial charge in [-0.05, 0) is 15.8 Å². The molecule has 0 aliphatic carbocycles. The minimum absolute atomic E-state index is 0.192. The molecule has 3 unspecified atom stereocenters. The maximum Gasteiger partial charge on any atom is 0.225 e. The van der Waals surface area contributed by atoms with Crippen LogP contribution in [0.5, 0.6) is 0 Å². The lowest BCUT2D eigenvalue weighted by molar-refractivity contribution is -0.124. The maximum atomic E-state index is 10.9. The van der Waals surface area contributed by atoms with E-state index in [4.69, 9.17) is 4.52 Å². The Morgan fingerprint density at radius 2 is 2.50 bits per heavy atom. The van der Waals surface area contributed by atoms with Crippen molar-refractivity contribution in [2.24, 2.45) is 0 Å². The fourth-order valence-electron chi connectivity index (χ4n) is 1.04. The van der Waals surface area contributed by atoms with Crippen LogP contribution >= 0.6 is 18.9 Å². The molecule has 0 saturated carbocycles. The highest BCUT2D eigenvalue weighted by Crippen LogP contribution is 2.22.